The molecule has 3 aliphatic rings. The summed E-state index contributed by atoms with van der Waals surface area (Å²) in [4.78, 5) is 2.34. The molecule has 1 saturated heterocycles. The van der Waals surface area contributed by atoms with Crippen LogP contribution >= 0.6 is 11.6 Å². The monoisotopic (exact) mass is 357 g/mol. The first-order valence-corrected chi connectivity index (χ1v) is 10.3. The fourth-order valence-corrected chi connectivity index (χ4v) is 5.50. The van der Waals surface area contributed by atoms with Gasteiger partial charge in [-0.25, -0.2) is 8.42 Å². The molecule has 0 radical (unpaired) electrons. The zero-order valence-corrected chi connectivity index (χ0v) is 14.4. The molecule has 23 heavy (non-hydrogen) atoms. The number of fused-ring (bicyclic) bond motifs is 1. The molecule has 0 spiro atoms. The first-order chi connectivity index (χ1) is 11.0. The van der Waals surface area contributed by atoms with Gasteiger partial charge in [0.25, 0.3) is 0 Å². The Morgan fingerprint density at radius 1 is 1.13 bits per heavy atom. The van der Waals surface area contributed by atoms with Crippen molar-refractivity contribution in [3.63, 3.8) is 0 Å². The second kappa shape index (κ2) is 5.83. The van der Waals surface area contributed by atoms with Gasteiger partial charge in [-0.05, 0) is 37.0 Å². The lowest BCUT2D eigenvalue weighted by molar-refractivity contribution is 0.169. The largest absolute Gasteiger partial charge is 0.486 e. The molecule has 0 unspecified atom stereocenters. The van der Waals surface area contributed by atoms with Crippen molar-refractivity contribution in [2.45, 2.75) is 37.9 Å². The third-order valence-electron chi connectivity index (χ3n) is 4.72. The fraction of sp³-hybridized carbons (Fsp3) is 0.625. The van der Waals surface area contributed by atoms with Gasteiger partial charge in [-0.3, -0.25) is 4.90 Å². The van der Waals surface area contributed by atoms with Crippen LogP contribution in [-0.2, 0) is 16.4 Å². The highest BCUT2D eigenvalue weighted by molar-refractivity contribution is 7.91. The standard InChI is InChI=1S/C16H20ClNO4S/c17-14-7-11(8-15-16(14)22-5-4-21-15)9-18(12-1-2-12)13-3-6-23(19,20)10-13/h7-8,12-13H,1-6,9-10H2/t13-/m1/s1. The lowest BCUT2D eigenvalue weighted by atomic mass is 10.1. The van der Waals surface area contributed by atoms with E-state index >= 15 is 0 Å². The van der Waals surface area contributed by atoms with Gasteiger partial charge in [0.2, 0.25) is 0 Å². The van der Waals surface area contributed by atoms with Crippen LogP contribution in [0.1, 0.15) is 24.8 Å². The number of sulfone groups is 1. The Balaban J connectivity index is 1.57. The molecular formula is C16H20ClNO4S. The van der Waals surface area contributed by atoms with E-state index in [-0.39, 0.29) is 11.8 Å². The number of ether oxygens (including phenoxy) is 2. The van der Waals surface area contributed by atoms with E-state index in [9.17, 15) is 8.42 Å². The molecule has 2 fully saturated rings. The molecule has 0 amide bonds. The predicted molar refractivity (Wildman–Crippen MR) is 88.1 cm³/mol. The maximum Gasteiger partial charge on any atom is 0.179 e. The number of hydrogen-bond acceptors (Lipinski definition) is 5. The van der Waals surface area contributed by atoms with Gasteiger partial charge < -0.3 is 9.47 Å². The van der Waals surface area contributed by atoms with E-state index in [0.29, 0.717) is 48.1 Å². The first kappa shape index (κ1) is 15.5. The minimum absolute atomic E-state index is 0.125. The van der Waals surface area contributed by atoms with Crippen LogP contribution in [0.5, 0.6) is 11.5 Å². The predicted octanol–water partition coefficient (Wildman–Crippen LogP) is 2.26. The zero-order valence-electron chi connectivity index (χ0n) is 12.8. The third kappa shape index (κ3) is 3.30. The number of nitrogens with zero attached hydrogens (tertiary/aromatic N) is 1. The van der Waals surface area contributed by atoms with E-state index in [0.717, 1.165) is 24.8 Å². The van der Waals surface area contributed by atoms with Crippen molar-refractivity contribution in [3.8, 4) is 11.5 Å². The quantitative estimate of drug-likeness (QED) is 0.827. The van der Waals surface area contributed by atoms with Crippen LogP contribution in [0.4, 0.5) is 0 Å². The third-order valence-corrected chi connectivity index (χ3v) is 6.75. The lowest BCUT2D eigenvalue weighted by Crippen LogP contribution is -2.37. The van der Waals surface area contributed by atoms with Crippen LogP contribution in [0, 0.1) is 0 Å². The van der Waals surface area contributed by atoms with E-state index in [4.69, 9.17) is 21.1 Å². The van der Waals surface area contributed by atoms with E-state index < -0.39 is 9.84 Å². The summed E-state index contributed by atoms with van der Waals surface area (Å²) in [6, 6.07) is 4.51. The summed E-state index contributed by atoms with van der Waals surface area (Å²) in [5.74, 6) is 1.89. The van der Waals surface area contributed by atoms with Crippen LogP contribution in [0.15, 0.2) is 12.1 Å². The summed E-state index contributed by atoms with van der Waals surface area (Å²) in [5, 5.41) is 0.562. The first-order valence-electron chi connectivity index (χ1n) is 8.06. The second-order valence-corrected chi connectivity index (χ2v) is 9.20. The van der Waals surface area contributed by atoms with Gasteiger partial charge in [0.15, 0.2) is 21.3 Å². The second-order valence-electron chi connectivity index (χ2n) is 6.56. The van der Waals surface area contributed by atoms with Gasteiger partial charge in [-0.2, -0.15) is 0 Å². The SMILES string of the molecule is O=S1(=O)CC[C@@H](N(Cc2cc(Cl)c3c(c2)OCCO3)C2CC2)C1. The highest BCUT2D eigenvalue weighted by Crippen LogP contribution is 2.40. The highest BCUT2D eigenvalue weighted by atomic mass is 35.5. The summed E-state index contributed by atoms with van der Waals surface area (Å²) >= 11 is 6.31. The molecule has 1 aromatic carbocycles. The van der Waals surface area contributed by atoms with Crippen molar-refractivity contribution < 1.29 is 17.9 Å². The Hall–Kier alpha value is -0.980. The van der Waals surface area contributed by atoms with Crippen LogP contribution < -0.4 is 9.47 Å². The minimum atomic E-state index is -2.87. The normalized spacial score (nSPS) is 25.7. The fourth-order valence-electron chi connectivity index (χ4n) is 3.47. The molecule has 126 valence electrons. The Bertz CT molecular complexity index is 717. The topological polar surface area (TPSA) is 55.8 Å². The van der Waals surface area contributed by atoms with E-state index in [2.05, 4.69) is 4.90 Å². The lowest BCUT2D eigenvalue weighted by Gasteiger charge is -2.29. The summed E-state index contributed by atoms with van der Waals surface area (Å²) in [7, 11) is -2.87. The maximum absolute atomic E-state index is 11.8. The molecule has 2 heterocycles. The van der Waals surface area contributed by atoms with Gasteiger partial charge >= 0.3 is 0 Å². The van der Waals surface area contributed by atoms with E-state index in [1.165, 1.54) is 0 Å². The van der Waals surface area contributed by atoms with Crippen molar-refractivity contribution in [1.82, 2.24) is 4.90 Å². The molecule has 7 heteroatoms. The van der Waals surface area contributed by atoms with Gasteiger partial charge in [-0.15, -0.1) is 0 Å². The van der Waals surface area contributed by atoms with E-state index in [1.807, 2.05) is 12.1 Å². The average molecular weight is 358 g/mol. The van der Waals surface area contributed by atoms with Crippen molar-refractivity contribution in [1.29, 1.82) is 0 Å². The molecule has 0 N–H and O–H groups in total. The number of hydrogen-bond donors (Lipinski definition) is 0. The minimum Gasteiger partial charge on any atom is -0.486 e. The van der Waals surface area contributed by atoms with Crippen molar-refractivity contribution in [3.05, 3.63) is 22.7 Å². The van der Waals surface area contributed by atoms with Crippen molar-refractivity contribution in [2.75, 3.05) is 24.7 Å². The maximum atomic E-state index is 11.8. The average Bonchev–Trinajstić information content (AvgIpc) is 3.28. The molecule has 1 atom stereocenters. The number of benzene rings is 1. The van der Waals surface area contributed by atoms with Crippen LogP contribution in [0.3, 0.4) is 0 Å². The van der Waals surface area contributed by atoms with Gasteiger partial charge in [0, 0.05) is 18.6 Å². The Kier molecular flexibility index (Phi) is 3.94. The molecule has 4 rings (SSSR count). The molecule has 0 aromatic heterocycles. The van der Waals surface area contributed by atoms with Crippen LogP contribution in [0.2, 0.25) is 5.02 Å². The van der Waals surface area contributed by atoms with Gasteiger partial charge in [-0.1, -0.05) is 11.6 Å². The summed E-state index contributed by atoms with van der Waals surface area (Å²) in [6.07, 6.45) is 3.03. The molecule has 5 nitrogen and oxygen atoms in total. The molecule has 1 aliphatic carbocycles. The number of rotatable bonds is 4. The van der Waals surface area contributed by atoms with Crippen LogP contribution in [-0.4, -0.2) is 50.1 Å². The summed E-state index contributed by atoms with van der Waals surface area (Å²) in [5.41, 5.74) is 1.05. The number of halogens is 1. The highest BCUT2D eigenvalue weighted by Gasteiger charge is 2.39. The van der Waals surface area contributed by atoms with Crippen LogP contribution in [0.25, 0.3) is 0 Å². The molecule has 1 aromatic rings. The molecule has 1 saturated carbocycles. The Labute approximate surface area is 141 Å². The molecule has 0 bridgehead atoms. The molecular weight excluding hydrogens is 338 g/mol. The molecule has 2 aliphatic heterocycles. The Morgan fingerprint density at radius 3 is 2.61 bits per heavy atom. The Morgan fingerprint density at radius 2 is 1.91 bits per heavy atom. The van der Waals surface area contributed by atoms with Gasteiger partial charge in [0.05, 0.1) is 16.5 Å². The smallest absolute Gasteiger partial charge is 0.179 e. The summed E-state index contributed by atoms with van der Waals surface area (Å²) in [6.45, 7) is 1.75. The van der Waals surface area contributed by atoms with Gasteiger partial charge in [0.1, 0.15) is 13.2 Å². The van der Waals surface area contributed by atoms with Crippen molar-refractivity contribution in [2.24, 2.45) is 0 Å². The van der Waals surface area contributed by atoms with E-state index in [1.54, 1.807) is 0 Å². The summed E-state index contributed by atoms with van der Waals surface area (Å²) < 4.78 is 34.8. The zero-order chi connectivity index (χ0) is 16.0. The van der Waals surface area contributed by atoms with Crippen molar-refractivity contribution >= 4 is 21.4 Å².